The van der Waals surface area contributed by atoms with Gasteiger partial charge in [-0.2, -0.15) is 8.78 Å². The van der Waals surface area contributed by atoms with Gasteiger partial charge in [0.25, 0.3) is 5.91 Å². The molecule has 10 heteroatoms. The SMILES string of the molecule is CC(C)CN(CC(C)C)[C@@H](CN)C(=O)Nc1ccc(N2CCOCC2=O)cc1OC(F)F. The van der Waals surface area contributed by atoms with Crippen molar-refractivity contribution in [2.45, 2.75) is 40.3 Å². The normalized spacial score (nSPS) is 15.7. The van der Waals surface area contributed by atoms with Crippen molar-refractivity contribution in [2.24, 2.45) is 17.6 Å². The fourth-order valence-electron chi connectivity index (χ4n) is 3.67. The molecule has 2 rings (SSSR count). The van der Waals surface area contributed by atoms with E-state index in [1.807, 2.05) is 4.90 Å². The minimum absolute atomic E-state index is 0.0800. The van der Waals surface area contributed by atoms with Crippen molar-refractivity contribution < 1.29 is 27.8 Å². The highest BCUT2D eigenvalue weighted by atomic mass is 19.3. The van der Waals surface area contributed by atoms with Crippen molar-refractivity contribution in [3.8, 4) is 5.75 Å². The Labute approximate surface area is 188 Å². The number of hydrogen-bond acceptors (Lipinski definition) is 6. The highest BCUT2D eigenvalue weighted by Gasteiger charge is 2.28. The Kier molecular flexibility index (Phi) is 9.80. The van der Waals surface area contributed by atoms with Gasteiger partial charge in [-0.1, -0.05) is 27.7 Å². The van der Waals surface area contributed by atoms with E-state index in [-0.39, 0.29) is 30.5 Å². The first-order valence-corrected chi connectivity index (χ1v) is 10.8. The summed E-state index contributed by atoms with van der Waals surface area (Å²) in [5.41, 5.74) is 6.41. The number of halogens is 2. The van der Waals surface area contributed by atoms with Gasteiger partial charge in [0.2, 0.25) is 5.91 Å². The van der Waals surface area contributed by atoms with Crippen molar-refractivity contribution in [2.75, 3.05) is 49.6 Å². The minimum atomic E-state index is -3.09. The first-order valence-electron chi connectivity index (χ1n) is 10.8. The van der Waals surface area contributed by atoms with E-state index in [1.54, 1.807) is 6.07 Å². The third-order valence-corrected chi connectivity index (χ3v) is 4.90. The molecule has 1 aromatic rings. The maximum Gasteiger partial charge on any atom is 0.387 e. The first kappa shape index (κ1) is 26.0. The molecule has 1 saturated heterocycles. The number of amides is 2. The predicted molar refractivity (Wildman–Crippen MR) is 119 cm³/mol. The number of carbonyl (C=O) groups is 2. The lowest BCUT2D eigenvalue weighted by atomic mass is 10.1. The second-order valence-electron chi connectivity index (χ2n) is 8.64. The summed E-state index contributed by atoms with van der Waals surface area (Å²) >= 11 is 0. The van der Waals surface area contributed by atoms with Crippen LogP contribution < -0.4 is 20.7 Å². The van der Waals surface area contributed by atoms with Crippen LogP contribution in [0.4, 0.5) is 20.2 Å². The average Bonchev–Trinajstić information content (AvgIpc) is 2.69. The van der Waals surface area contributed by atoms with Crippen LogP contribution in [0.3, 0.4) is 0 Å². The van der Waals surface area contributed by atoms with E-state index in [0.29, 0.717) is 43.8 Å². The highest BCUT2D eigenvalue weighted by Crippen LogP contribution is 2.32. The smallest absolute Gasteiger partial charge is 0.387 e. The molecule has 180 valence electrons. The Morgan fingerprint density at radius 2 is 1.91 bits per heavy atom. The topological polar surface area (TPSA) is 97.1 Å². The quantitative estimate of drug-likeness (QED) is 0.531. The van der Waals surface area contributed by atoms with E-state index >= 15 is 0 Å². The molecule has 0 aliphatic carbocycles. The van der Waals surface area contributed by atoms with Crippen molar-refractivity contribution >= 4 is 23.2 Å². The van der Waals surface area contributed by atoms with E-state index < -0.39 is 18.6 Å². The molecule has 1 aliphatic heterocycles. The summed E-state index contributed by atoms with van der Waals surface area (Å²) in [4.78, 5) is 28.6. The summed E-state index contributed by atoms with van der Waals surface area (Å²) in [5.74, 6) is -0.266. The molecule has 1 fully saturated rings. The van der Waals surface area contributed by atoms with Crippen LogP contribution in [0.2, 0.25) is 0 Å². The minimum Gasteiger partial charge on any atom is -0.433 e. The summed E-state index contributed by atoms with van der Waals surface area (Å²) in [7, 11) is 0. The van der Waals surface area contributed by atoms with Gasteiger partial charge in [0.05, 0.1) is 12.3 Å². The largest absolute Gasteiger partial charge is 0.433 e. The van der Waals surface area contributed by atoms with Gasteiger partial charge in [0.1, 0.15) is 12.6 Å². The molecule has 1 heterocycles. The average molecular weight is 457 g/mol. The summed E-state index contributed by atoms with van der Waals surface area (Å²) < 4.78 is 35.9. The van der Waals surface area contributed by atoms with Gasteiger partial charge in [-0.3, -0.25) is 14.5 Å². The Morgan fingerprint density at radius 1 is 1.25 bits per heavy atom. The van der Waals surface area contributed by atoms with Crippen LogP contribution in [0.25, 0.3) is 0 Å². The Bertz CT molecular complexity index is 766. The van der Waals surface area contributed by atoms with Gasteiger partial charge in [-0.25, -0.2) is 0 Å². The van der Waals surface area contributed by atoms with Crippen molar-refractivity contribution in [3.63, 3.8) is 0 Å². The number of anilines is 2. The molecule has 32 heavy (non-hydrogen) atoms. The lowest BCUT2D eigenvalue weighted by Crippen LogP contribution is -2.51. The lowest BCUT2D eigenvalue weighted by molar-refractivity contribution is -0.125. The van der Waals surface area contributed by atoms with E-state index in [1.165, 1.54) is 17.0 Å². The van der Waals surface area contributed by atoms with Crippen molar-refractivity contribution in [1.82, 2.24) is 4.90 Å². The molecule has 0 aromatic heterocycles. The van der Waals surface area contributed by atoms with Crippen molar-refractivity contribution in [1.29, 1.82) is 0 Å². The van der Waals surface area contributed by atoms with Crippen molar-refractivity contribution in [3.05, 3.63) is 18.2 Å². The molecular weight excluding hydrogens is 422 g/mol. The number of hydrogen-bond donors (Lipinski definition) is 2. The lowest BCUT2D eigenvalue weighted by Gasteiger charge is -2.33. The molecule has 1 atom stereocenters. The standard InChI is InChI=1S/C22H34F2N4O4/c1-14(2)11-27(12-15(3)4)18(10-25)21(30)26-17-6-5-16(9-19(17)32-22(23)24)28-7-8-31-13-20(28)29/h5-6,9,14-15,18,22H,7-8,10-13,25H2,1-4H3,(H,26,30)/t18-/m0/s1. The summed E-state index contributed by atoms with van der Waals surface area (Å²) in [6.07, 6.45) is 0. The second-order valence-corrected chi connectivity index (χ2v) is 8.64. The van der Waals surface area contributed by atoms with E-state index in [2.05, 4.69) is 37.7 Å². The van der Waals surface area contributed by atoms with Gasteiger partial charge in [0.15, 0.2) is 5.75 Å². The van der Waals surface area contributed by atoms with Gasteiger partial charge >= 0.3 is 6.61 Å². The number of alkyl halides is 2. The van der Waals surface area contributed by atoms with Crippen LogP contribution in [0, 0.1) is 11.8 Å². The third-order valence-electron chi connectivity index (χ3n) is 4.90. The van der Waals surface area contributed by atoms with Gasteiger partial charge in [0, 0.05) is 37.9 Å². The molecule has 0 saturated carbocycles. The number of nitrogens with two attached hydrogens (primary N) is 1. The Balaban J connectivity index is 2.27. The zero-order valence-corrected chi connectivity index (χ0v) is 19.1. The molecule has 1 aliphatic rings. The summed E-state index contributed by atoms with van der Waals surface area (Å²) in [6, 6.07) is 3.73. The van der Waals surface area contributed by atoms with Gasteiger partial charge in [-0.15, -0.1) is 0 Å². The number of nitrogens with zero attached hydrogens (tertiary/aromatic N) is 2. The molecule has 0 unspecified atom stereocenters. The number of ether oxygens (including phenoxy) is 2. The molecule has 8 nitrogen and oxygen atoms in total. The summed E-state index contributed by atoms with van der Waals surface area (Å²) in [5, 5.41) is 2.69. The number of benzene rings is 1. The number of rotatable bonds is 11. The Hall–Kier alpha value is -2.30. The van der Waals surface area contributed by atoms with Crippen LogP contribution in [0.5, 0.6) is 5.75 Å². The zero-order chi connectivity index (χ0) is 23.8. The van der Waals surface area contributed by atoms with Gasteiger partial charge < -0.3 is 25.4 Å². The van der Waals surface area contributed by atoms with E-state index in [0.717, 1.165) is 0 Å². The van der Waals surface area contributed by atoms with E-state index in [9.17, 15) is 18.4 Å². The highest BCUT2D eigenvalue weighted by molar-refractivity contribution is 5.98. The van der Waals surface area contributed by atoms with Crippen LogP contribution in [0.15, 0.2) is 18.2 Å². The maximum atomic E-state index is 13.1. The van der Waals surface area contributed by atoms with E-state index in [4.69, 9.17) is 10.5 Å². The number of morpholine rings is 1. The molecule has 0 spiro atoms. The number of carbonyl (C=O) groups excluding carboxylic acids is 2. The maximum absolute atomic E-state index is 13.1. The monoisotopic (exact) mass is 456 g/mol. The van der Waals surface area contributed by atoms with Crippen LogP contribution in [-0.4, -0.2) is 68.8 Å². The second kappa shape index (κ2) is 12.1. The van der Waals surface area contributed by atoms with Crippen LogP contribution in [0.1, 0.15) is 27.7 Å². The first-order chi connectivity index (χ1) is 15.1. The van der Waals surface area contributed by atoms with Gasteiger partial charge in [-0.05, 0) is 24.0 Å². The molecule has 2 amide bonds. The third kappa shape index (κ3) is 7.39. The molecule has 0 bridgehead atoms. The summed E-state index contributed by atoms with van der Waals surface area (Å²) in [6.45, 7) is 7.11. The Morgan fingerprint density at radius 3 is 2.44 bits per heavy atom. The molecule has 3 N–H and O–H groups in total. The number of nitrogens with one attached hydrogen (secondary N) is 1. The predicted octanol–water partition coefficient (Wildman–Crippen LogP) is 2.53. The fourth-order valence-corrected chi connectivity index (χ4v) is 3.67. The molecular formula is C22H34F2N4O4. The van der Waals surface area contributed by atoms with Crippen LogP contribution >= 0.6 is 0 Å². The molecule has 0 radical (unpaired) electrons. The fraction of sp³-hybridized carbons (Fsp3) is 0.636. The molecule has 1 aromatic carbocycles. The zero-order valence-electron chi connectivity index (χ0n) is 19.1. The van der Waals surface area contributed by atoms with Crippen LogP contribution in [-0.2, 0) is 14.3 Å².